The molecule has 1 amide bonds. The van der Waals surface area contributed by atoms with E-state index >= 15 is 0 Å². The van der Waals surface area contributed by atoms with Crippen molar-refractivity contribution in [2.24, 2.45) is 0 Å². The van der Waals surface area contributed by atoms with Crippen LogP contribution in [0, 0.1) is 6.92 Å². The van der Waals surface area contributed by atoms with E-state index in [1.165, 1.54) is 0 Å². The Morgan fingerprint density at radius 1 is 1.21 bits per heavy atom. The third-order valence-corrected chi connectivity index (χ3v) is 6.78. The van der Waals surface area contributed by atoms with E-state index in [9.17, 15) is 14.4 Å². The lowest BCUT2D eigenvalue weighted by Gasteiger charge is -2.17. The summed E-state index contributed by atoms with van der Waals surface area (Å²) in [7, 11) is 0. The molecule has 7 nitrogen and oxygen atoms in total. The van der Waals surface area contributed by atoms with Crippen LogP contribution in [-0.4, -0.2) is 34.6 Å². The van der Waals surface area contributed by atoms with Crippen molar-refractivity contribution in [3.05, 3.63) is 56.4 Å². The maximum absolute atomic E-state index is 12.8. The molecule has 0 N–H and O–H groups in total. The number of aromatic nitrogens is 2. The molecule has 2 aliphatic heterocycles. The second-order valence-electron chi connectivity index (χ2n) is 7.32. The Morgan fingerprint density at radius 2 is 2.03 bits per heavy atom. The molecular formula is C21H19N3O4S. The molecule has 5 rings (SSSR count). The van der Waals surface area contributed by atoms with Crippen LogP contribution in [0.2, 0.25) is 0 Å². The van der Waals surface area contributed by atoms with E-state index in [4.69, 9.17) is 4.74 Å². The predicted molar refractivity (Wildman–Crippen MR) is 110 cm³/mol. The molecule has 4 heterocycles. The Hall–Kier alpha value is -3.00. The fourth-order valence-electron chi connectivity index (χ4n) is 4.14. The molecular weight excluding hydrogens is 390 g/mol. The second kappa shape index (κ2) is 6.81. The second-order valence-corrected chi connectivity index (χ2v) is 8.32. The zero-order chi connectivity index (χ0) is 20.1. The van der Waals surface area contributed by atoms with Gasteiger partial charge in [0.1, 0.15) is 15.5 Å². The molecule has 0 aliphatic carbocycles. The average Bonchev–Trinajstić information content (AvgIpc) is 3.43. The van der Waals surface area contributed by atoms with Crippen molar-refractivity contribution >= 4 is 39.1 Å². The molecule has 0 saturated heterocycles. The number of anilines is 1. The van der Waals surface area contributed by atoms with Crippen molar-refractivity contribution in [1.29, 1.82) is 0 Å². The van der Waals surface area contributed by atoms with E-state index in [1.807, 2.05) is 24.3 Å². The van der Waals surface area contributed by atoms with Gasteiger partial charge >= 0.3 is 5.97 Å². The number of esters is 1. The minimum atomic E-state index is -0.587. The van der Waals surface area contributed by atoms with Gasteiger partial charge in [-0.15, -0.1) is 11.3 Å². The van der Waals surface area contributed by atoms with Crippen LogP contribution in [0.1, 0.15) is 33.0 Å². The first-order valence-corrected chi connectivity index (χ1v) is 10.4. The average molecular weight is 409 g/mol. The van der Waals surface area contributed by atoms with Gasteiger partial charge in [-0.1, -0.05) is 18.2 Å². The first-order chi connectivity index (χ1) is 14.0. The van der Waals surface area contributed by atoms with Gasteiger partial charge in [-0.05, 0) is 37.0 Å². The van der Waals surface area contributed by atoms with E-state index in [0.29, 0.717) is 33.7 Å². The molecule has 0 spiro atoms. The maximum Gasteiger partial charge on any atom is 0.349 e. The van der Waals surface area contributed by atoms with Gasteiger partial charge in [-0.25, -0.2) is 9.78 Å². The lowest BCUT2D eigenvalue weighted by molar-refractivity contribution is -0.121. The zero-order valence-electron chi connectivity index (χ0n) is 15.9. The molecule has 0 fully saturated rings. The van der Waals surface area contributed by atoms with Gasteiger partial charge in [0, 0.05) is 25.2 Å². The molecule has 3 aromatic rings. The maximum atomic E-state index is 12.8. The lowest BCUT2D eigenvalue weighted by Crippen LogP contribution is -2.33. The predicted octanol–water partition coefficient (Wildman–Crippen LogP) is 2.46. The highest BCUT2D eigenvalue weighted by Crippen LogP contribution is 2.30. The van der Waals surface area contributed by atoms with Gasteiger partial charge in [0.25, 0.3) is 11.5 Å². The summed E-state index contributed by atoms with van der Waals surface area (Å²) in [6, 6.07) is 7.73. The monoisotopic (exact) mass is 409 g/mol. The largest absolute Gasteiger partial charge is 0.451 e. The number of rotatable bonds is 3. The van der Waals surface area contributed by atoms with Crippen LogP contribution >= 0.6 is 11.3 Å². The van der Waals surface area contributed by atoms with E-state index in [-0.39, 0.29) is 18.1 Å². The summed E-state index contributed by atoms with van der Waals surface area (Å²) in [4.78, 5) is 45.1. The SMILES string of the molecule is Cc1c(C(=O)OCC(=O)N2CCc3ccccc32)sc2nc3n(c(=O)c12)CCC3. The van der Waals surface area contributed by atoms with Crippen molar-refractivity contribution in [2.45, 2.75) is 32.7 Å². The third kappa shape index (κ3) is 2.86. The number of thiophene rings is 1. The fraction of sp³-hybridized carbons (Fsp3) is 0.333. The Bertz CT molecular complexity index is 1230. The van der Waals surface area contributed by atoms with Crippen LogP contribution in [0.15, 0.2) is 29.1 Å². The quantitative estimate of drug-likeness (QED) is 0.621. The number of carbonyl (C=O) groups excluding carboxylic acids is 2. The molecule has 0 atom stereocenters. The van der Waals surface area contributed by atoms with Crippen LogP contribution in [0.25, 0.3) is 10.2 Å². The normalized spacial score (nSPS) is 14.9. The van der Waals surface area contributed by atoms with E-state index in [2.05, 4.69) is 4.98 Å². The van der Waals surface area contributed by atoms with Crippen LogP contribution in [0.3, 0.4) is 0 Å². The number of benzene rings is 1. The Balaban J connectivity index is 1.36. The topological polar surface area (TPSA) is 81.5 Å². The Kier molecular flexibility index (Phi) is 4.24. The molecule has 0 unspecified atom stereocenters. The molecule has 29 heavy (non-hydrogen) atoms. The fourth-order valence-corrected chi connectivity index (χ4v) is 5.22. The highest BCUT2D eigenvalue weighted by molar-refractivity contribution is 7.20. The number of hydrogen-bond donors (Lipinski definition) is 0. The summed E-state index contributed by atoms with van der Waals surface area (Å²) in [6.45, 7) is 2.66. The highest BCUT2D eigenvalue weighted by atomic mass is 32.1. The van der Waals surface area contributed by atoms with Crippen LogP contribution < -0.4 is 10.5 Å². The highest BCUT2D eigenvalue weighted by Gasteiger charge is 2.27. The molecule has 0 bridgehead atoms. The summed E-state index contributed by atoms with van der Waals surface area (Å²) in [6.07, 6.45) is 2.48. The van der Waals surface area contributed by atoms with Crippen molar-refractivity contribution in [3.63, 3.8) is 0 Å². The van der Waals surface area contributed by atoms with Gasteiger partial charge in [-0.2, -0.15) is 0 Å². The summed E-state index contributed by atoms with van der Waals surface area (Å²) in [5, 5.41) is 0.479. The van der Waals surface area contributed by atoms with Crippen molar-refractivity contribution in [2.75, 3.05) is 18.1 Å². The minimum Gasteiger partial charge on any atom is -0.451 e. The summed E-state index contributed by atoms with van der Waals surface area (Å²) < 4.78 is 7.00. The molecule has 2 aliphatic rings. The number of ether oxygens (including phenoxy) is 1. The standard InChI is InChI=1S/C21H19N3O4S/c1-12-17-19(22-15-7-4-9-24(15)20(17)26)29-18(12)21(27)28-11-16(25)23-10-8-13-5-2-3-6-14(13)23/h2-3,5-6H,4,7-11H2,1H3. The molecule has 2 aromatic heterocycles. The van der Waals surface area contributed by atoms with Gasteiger partial charge in [0.2, 0.25) is 0 Å². The summed E-state index contributed by atoms with van der Waals surface area (Å²) >= 11 is 1.16. The van der Waals surface area contributed by atoms with Crippen molar-refractivity contribution in [3.8, 4) is 0 Å². The Labute approximate surface area is 170 Å². The molecule has 0 radical (unpaired) electrons. The Morgan fingerprint density at radius 3 is 2.90 bits per heavy atom. The number of hydrogen-bond acceptors (Lipinski definition) is 6. The number of nitrogens with zero attached hydrogens (tertiary/aromatic N) is 3. The van der Waals surface area contributed by atoms with Crippen molar-refractivity contribution < 1.29 is 14.3 Å². The van der Waals surface area contributed by atoms with E-state index in [0.717, 1.165) is 47.7 Å². The molecule has 0 saturated carbocycles. The number of fused-ring (bicyclic) bond motifs is 3. The molecule has 8 heteroatoms. The number of carbonyl (C=O) groups is 2. The van der Waals surface area contributed by atoms with Gasteiger partial charge < -0.3 is 9.64 Å². The molecule has 148 valence electrons. The van der Waals surface area contributed by atoms with Crippen LogP contribution in [0.4, 0.5) is 5.69 Å². The number of para-hydroxylation sites is 1. The zero-order valence-corrected chi connectivity index (χ0v) is 16.8. The first kappa shape index (κ1) is 18.1. The number of aryl methyl sites for hydroxylation is 2. The smallest absolute Gasteiger partial charge is 0.349 e. The van der Waals surface area contributed by atoms with Crippen LogP contribution in [0.5, 0.6) is 0 Å². The van der Waals surface area contributed by atoms with Gasteiger partial charge in [0.05, 0.1) is 5.39 Å². The van der Waals surface area contributed by atoms with E-state index in [1.54, 1.807) is 16.4 Å². The van der Waals surface area contributed by atoms with E-state index < -0.39 is 5.97 Å². The van der Waals surface area contributed by atoms with Crippen molar-refractivity contribution in [1.82, 2.24) is 9.55 Å². The van der Waals surface area contributed by atoms with Crippen LogP contribution in [-0.2, 0) is 28.9 Å². The summed E-state index contributed by atoms with van der Waals surface area (Å²) in [5.41, 5.74) is 2.47. The summed E-state index contributed by atoms with van der Waals surface area (Å²) in [5.74, 6) is -0.0679. The number of amides is 1. The minimum absolute atomic E-state index is 0.0972. The first-order valence-electron chi connectivity index (χ1n) is 9.63. The van der Waals surface area contributed by atoms with Gasteiger partial charge in [0.15, 0.2) is 6.61 Å². The van der Waals surface area contributed by atoms with Gasteiger partial charge in [-0.3, -0.25) is 14.2 Å². The third-order valence-electron chi connectivity index (χ3n) is 5.61. The molecule has 1 aromatic carbocycles. The lowest BCUT2D eigenvalue weighted by atomic mass is 10.2.